The lowest BCUT2D eigenvalue weighted by atomic mass is 10.0. The normalized spacial score (nSPS) is 13.4. The molecule has 0 radical (unpaired) electrons. The van der Waals surface area contributed by atoms with Gasteiger partial charge in [0, 0.05) is 6.04 Å². The van der Waals surface area contributed by atoms with Crippen molar-refractivity contribution in [3.63, 3.8) is 0 Å². The summed E-state index contributed by atoms with van der Waals surface area (Å²) in [5.74, 6) is -1.17. The van der Waals surface area contributed by atoms with Gasteiger partial charge in [0.1, 0.15) is 4.92 Å². The summed E-state index contributed by atoms with van der Waals surface area (Å²) in [6.45, 7) is 1.74. The maximum atomic E-state index is 11.9. The van der Waals surface area contributed by atoms with E-state index in [9.17, 15) is 20.0 Å². The van der Waals surface area contributed by atoms with Crippen LogP contribution in [0, 0.1) is 10.1 Å². The number of hydrogen-bond donors (Lipinski definition) is 2. The summed E-state index contributed by atoms with van der Waals surface area (Å²) in [5, 5.41) is 23.2. The van der Waals surface area contributed by atoms with E-state index in [0.29, 0.717) is 6.42 Å². The van der Waals surface area contributed by atoms with E-state index in [4.69, 9.17) is 4.42 Å². The van der Waals surface area contributed by atoms with Crippen LogP contribution >= 0.6 is 0 Å². The lowest BCUT2D eigenvalue weighted by Crippen LogP contribution is -2.33. The molecule has 1 heterocycles. The maximum absolute atomic E-state index is 11.9. The largest absolute Gasteiger partial charge is 0.433 e. The van der Waals surface area contributed by atoms with E-state index < -0.39 is 22.8 Å². The Balaban J connectivity index is 1.92. The Morgan fingerprint density at radius 2 is 2.00 bits per heavy atom. The van der Waals surface area contributed by atoms with Crippen molar-refractivity contribution >= 4 is 11.8 Å². The predicted octanol–water partition coefficient (Wildman–Crippen LogP) is 2.43. The second-order valence-corrected chi connectivity index (χ2v) is 4.93. The highest BCUT2D eigenvalue weighted by molar-refractivity contribution is 5.91. The molecule has 116 valence electrons. The molecule has 0 bridgehead atoms. The highest BCUT2D eigenvalue weighted by Crippen LogP contribution is 2.19. The Morgan fingerprint density at radius 3 is 2.59 bits per heavy atom. The van der Waals surface area contributed by atoms with E-state index in [1.54, 1.807) is 19.1 Å². The van der Waals surface area contributed by atoms with Crippen molar-refractivity contribution in [1.29, 1.82) is 0 Å². The Bertz CT molecular complexity index is 653. The van der Waals surface area contributed by atoms with Gasteiger partial charge in [0.2, 0.25) is 0 Å². The fraction of sp³-hybridized carbons (Fsp3) is 0.267. The molecule has 0 spiro atoms. The van der Waals surface area contributed by atoms with Gasteiger partial charge < -0.3 is 14.8 Å². The first-order valence-electron chi connectivity index (χ1n) is 6.75. The first kappa shape index (κ1) is 15.7. The zero-order valence-electron chi connectivity index (χ0n) is 11.9. The minimum Gasteiger partial charge on any atom is -0.395 e. The molecule has 1 amide bonds. The number of amides is 1. The number of rotatable bonds is 6. The Labute approximate surface area is 126 Å². The van der Waals surface area contributed by atoms with Crippen LogP contribution in [0.4, 0.5) is 5.88 Å². The molecular weight excluding hydrogens is 288 g/mol. The summed E-state index contributed by atoms with van der Waals surface area (Å²) in [5.41, 5.74) is 0.761. The molecule has 0 aliphatic carbocycles. The van der Waals surface area contributed by atoms with Crippen molar-refractivity contribution in [2.75, 3.05) is 0 Å². The average molecular weight is 304 g/mol. The molecule has 1 aromatic carbocycles. The number of nitrogens with zero attached hydrogens (tertiary/aromatic N) is 1. The number of furan rings is 1. The minimum atomic E-state index is -0.709. The lowest BCUT2D eigenvalue weighted by Gasteiger charge is -2.17. The highest BCUT2D eigenvalue weighted by atomic mass is 16.6. The van der Waals surface area contributed by atoms with Crippen LogP contribution in [0.1, 0.15) is 35.6 Å². The number of carbonyl (C=O) groups excluding carboxylic acids is 1. The molecular formula is C15H16N2O5. The molecule has 0 saturated carbocycles. The Morgan fingerprint density at radius 1 is 1.32 bits per heavy atom. The molecule has 2 atom stereocenters. The van der Waals surface area contributed by atoms with Crippen LogP contribution in [0.15, 0.2) is 46.9 Å². The van der Waals surface area contributed by atoms with Gasteiger partial charge >= 0.3 is 5.88 Å². The first-order chi connectivity index (χ1) is 10.5. The number of aliphatic hydroxyl groups excluding tert-OH is 1. The molecule has 0 saturated heterocycles. The van der Waals surface area contributed by atoms with Crippen molar-refractivity contribution in [2.45, 2.75) is 25.5 Å². The monoisotopic (exact) mass is 304 g/mol. The van der Waals surface area contributed by atoms with E-state index >= 15 is 0 Å². The molecule has 2 N–H and O–H groups in total. The SMILES string of the molecule is C[C@@H](C[C@@H](O)c1ccccc1)NC(=O)c1ccc([N+](=O)[O-])o1. The van der Waals surface area contributed by atoms with Gasteiger partial charge in [-0.3, -0.25) is 14.9 Å². The van der Waals surface area contributed by atoms with Crippen LogP contribution in [0.2, 0.25) is 0 Å². The molecule has 22 heavy (non-hydrogen) atoms. The molecule has 7 nitrogen and oxygen atoms in total. The van der Waals surface area contributed by atoms with E-state index in [-0.39, 0.29) is 11.8 Å². The van der Waals surface area contributed by atoms with Crippen LogP contribution < -0.4 is 5.32 Å². The number of nitro groups is 1. The summed E-state index contributed by atoms with van der Waals surface area (Å²) in [6, 6.07) is 11.1. The summed E-state index contributed by atoms with van der Waals surface area (Å²) < 4.78 is 4.82. The zero-order chi connectivity index (χ0) is 16.1. The van der Waals surface area contributed by atoms with Crippen LogP contribution in [0.5, 0.6) is 0 Å². The topological polar surface area (TPSA) is 106 Å². The Hall–Kier alpha value is -2.67. The van der Waals surface area contributed by atoms with Gasteiger partial charge in [-0.2, -0.15) is 0 Å². The van der Waals surface area contributed by atoms with Gasteiger partial charge in [-0.25, -0.2) is 0 Å². The summed E-state index contributed by atoms with van der Waals surface area (Å²) in [7, 11) is 0. The molecule has 1 aromatic heterocycles. The van der Waals surface area contributed by atoms with Gasteiger partial charge in [0.15, 0.2) is 5.76 Å². The van der Waals surface area contributed by atoms with Crippen LogP contribution in [0.3, 0.4) is 0 Å². The van der Waals surface area contributed by atoms with Crippen LogP contribution in [-0.2, 0) is 0 Å². The van der Waals surface area contributed by atoms with E-state index in [2.05, 4.69) is 5.32 Å². The van der Waals surface area contributed by atoms with Gasteiger partial charge in [-0.05, 0) is 25.0 Å². The number of carbonyl (C=O) groups is 1. The van der Waals surface area contributed by atoms with Crippen molar-refractivity contribution in [3.8, 4) is 0 Å². The van der Waals surface area contributed by atoms with Crippen LogP contribution in [-0.4, -0.2) is 22.0 Å². The molecule has 2 aromatic rings. The first-order valence-corrected chi connectivity index (χ1v) is 6.75. The molecule has 0 aliphatic heterocycles. The van der Waals surface area contributed by atoms with E-state index in [0.717, 1.165) is 11.6 Å². The average Bonchev–Trinajstić information content (AvgIpc) is 2.98. The summed E-state index contributed by atoms with van der Waals surface area (Å²) >= 11 is 0. The second-order valence-electron chi connectivity index (χ2n) is 4.93. The van der Waals surface area contributed by atoms with Crippen molar-refractivity contribution in [2.24, 2.45) is 0 Å². The van der Waals surface area contributed by atoms with Gasteiger partial charge in [0.05, 0.1) is 12.2 Å². The van der Waals surface area contributed by atoms with Crippen molar-refractivity contribution < 1.29 is 19.2 Å². The maximum Gasteiger partial charge on any atom is 0.433 e. The molecule has 0 fully saturated rings. The van der Waals surface area contributed by atoms with E-state index in [1.165, 1.54) is 6.07 Å². The van der Waals surface area contributed by atoms with E-state index in [1.807, 2.05) is 18.2 Å². The predicted molar refractivity (Wildman–Crippen MR) is 78.3 cm³/mol. The number of nitrogens with one attached hydrogen (secondary N) is 1. The van der Waals surface area contributed by atoms with Crippen molar-refractivity contribution in [3.05, 3.63) is 63.9 Å². The third-order valence-corrected chi connectivity index (χ3v) is 3.13. The summed E-state index contributed by atoms with van der Waals surface area (Å²) in [6.07, 6.45) is -0.388. The number of benzene rings is 1. The lowest BCUT2D eigenvalue weighted by molar-refractivity contribution is -0.402. The Kier molecular flexibility index (Phi) is 4.90. The fourth-order valence-electron chi connectivity index (χ4n) is 2.05. The van der Waals surface area contributed by atoms with Crippen LogP contribution in [0.25, 0.3) is 0 Å². The second kappa shape index (κ2) is 6.86. The zero-order valence-corrected chi connectivity index (χ0v) is 11.9. The van der Waals surface area contributed by atoms with Gasteiger partial charge in [-0.1, -0.05) is 30.3 Å². The quantitative estimate of drug-likeness (QED) is 0.629. The number of hydrogen-bond acceptors (Lipinski definition) is 5. The molecule has 2 rings (SSSR count). The van der Waals surface area contributed by atoms with Gasteiger partial charge in [-0.15, -0.1) is 0 Å². The van der Waals surface area contributed by atoms with Gasteiger partial charge in [0.25, 0.3) is 5.91 Å². The summed E-state index contributed by atoms with van der Waals surface area (Å²) in [4.78, 5) is 21.7. The molecule has 0 aliphatic rings. The number of aliphatic hydroxyl groups is 1. The third kappa shape index (κ3) is 3.92. The standard InChI is InChI=1S/C15H16N2O5/c1-10(9-12(18)11-5-3-2-4-6-11)16-15(19)13-7-8-14(22-13)17(20)21/h2-8,10,12,18H,9H2,1H3,(H,16,19)/t10-,12+/m0/s1. The molecule has 0 unspecified atom stereocenters. The van der Waals surface area contributed by atoms with Crippen molar-refractivity contribution in [1.82, 2.24) is 5.32 Å². The third-order valence-electron chi connectivity index (χ3n) is 3.13. The molecule has 7 heteroatoms. The minimum absolute atomic E-state index is 0.132. The highest BCUT2D eigenvalue weighted by Gasteiger charge is 2.20. The smallest absolute Gasteiger partial charge is 0.395 e. The fourth-order valence-corrected chi connectivity index (χ4v) is 2.05.